The summed E-state index contributed by atoms with van der Waals surface area (Å²) in [5.74, 6) is -0.0764. The second-order valence-corrected chi connectivity index (χ2v) is 8.60. The summed E-state index contributed by atoms with van der Waals surface area (Å²) in [6.45, 7) is 4.53. The number of sulfonamides is 1. The van der Waals surface area contributed by atoms with Crippen molar-refractivity contribution in [2.75, 3.05) is 0 Å². The van der Waals surface area contributed by atoms with E-state index in [2.05, 4.69) is 10.0 Å². The van der Waals surface area contributed by atoms with Crippen molar-refractivity contribution in [1.29, 1.82) is 0 Å². The molecule has 0 saturated carbocycles. The van der Waals surface area contributed by atoms with Gasteiger partial charge in [-0.05, 0) is 30.5 Å². The first-order chi connectivity index (χ1) is 11.8. The molecule has 0 aliphatic carbocycles. The van der Waals surface area contributed by atoms with Crippen molar-refractivity contribution in [3.05, 3.63) is 62.5 Å². The molecule has 0 aliphatic heterocycles. The Bertz CT molecular complexity index is 831. The molecule has 136 valence electrons. The molecule has 0 unspecified atom stereocenters. The Morgan fingerprint density at radius 2 is 1.88 bits per heavy atom. The van der Waals surface area contributed by atoms with Gasteiger partial charge in [0, 0.05) is 30.6 Å². The van der Waals surface area contributed by atoms with Crippen LogP contribution in [0, 0.1) is 10.1 Å². The normalized spacial score (nSPS) is 11.8. The zero-order valence-corrected chi connectivity index (χ0v) is 15.7. The van der Waals surface area contributed by atoms with Crippen LogP contribution in [0.3, 0.4) is 0 Å². The minimum Gasteiger partial charge on any atom is -0.309 e. The molecular weight excluding hydrogens is 362 g/mol. The maximum absolute atomic E-state index is 12.1. The Morgan fingerprint density at radius 3 is 2.48 bits per heavy atom. The van der Waals surface area contributed by atoms with Gasteiger partial charge in [0.2, 0.25) is 10.0 Å². The molecule has 0 saturated heterocycles. The Balaban J connectivity index is 1.99. The molecule has 1 aromatic heterocycles. The van der Waals surface area contributed by atoms with Gasteiger partial charge in [0.05, 0.1) is 10.7 Å². The maximum atomic E-state index is 12.1. The molecule has 0 aliphatic rings. The summed E-state index contributed by atoms with van der Waals surface area (Å²) >= 11 is 1.09. The van der Waals surface area contributed by atoms with Crippen LogP contribution in [0.25, 0.3) is 0 Å². The first kappa shape index (κ1) is 19.5. The Kier molecular flexibility index (Phi) is 6.65. The quantitative estimate of drug-likeness (QED) is 0.512. The van der Waals surface area contributed by atoms with E-state index in [1.807, 2.05) is 18.2 Å². The van der Waals surface area contributed by atoms with Crippen molar-refractivity contribution in [2.45, 2.75) is 38.7 Å². The summed E-state index contributed by atoms with van der Waals surface area (Å²) in [5.41, 5.74) is 2.46. The third-order valence-corrected chi connectivity index (χ3v) is 5.79. The predicted molar refractivity (Wildman–Crippen MR) is 98.9 cm³/mol. The van der Waals surface area contributed by atoms with Gasteiger partial charge in [0.25, 0.3) is 0 Å². The van der Waals surface area contributed by atoms with Crippen molar-refractivity contribution in [2.24, 2.45) is 0 Å². The van der Waals surface area contributed by atoms with Gasteiger partial charge >= 0.3 is 5.00 Å². The van der Waals surface area contributed by atoms with Crippen molar-refractivity contribution in [3.8, 4) is 0 Å². The van der Waals surface area contributed by atoms with E-state index in [1.54, 1.807) is 31.4 Å². The van der Waals surface area contributed by atoms with Crippen molar-refractivity contribution in [1.82, 2.24) is 10.0 Å². The van der Waals surface area contributed by atoms with Gasteiger partial charge < -0.3 is 5.32 Å². The van der Waals surface area contributed by atoms with E-state index >= 15 is 0 Å². The average Bonchev–Trinajstić information content (AvgIpc) is 2.96. The van der Waals surface area contributed by atoms with Crippen molar-refractivity contribution in [3.63, 3.8) is 0 Å². The Morgan fingerprint density at radius 1 is 1.20 bits per heavy atom. The van der Waals surface area contributed by atoms with E-state index < -0.39 is 14.9 Å². The molecule has 1 heterocycles. The molecule has 0 radical (unpaired) electrons. The van der Waals surface area contributed by atoms with E-state index in [1.165, 1.54) is 0 Å². The van der Waals surface area contributed by atoms with Crippen LogP contribution < -0.4 is 10.0 Å². The highest BCUT2D eigenvalue weighted by Gasteiger charge is 2.15. The number of hydrogen-bond acceptors (Lipinski definition) is 6. The molecule has 0 atom stereocenters. The summed E-state index contributed by atoms with van der Waals surface area (Å²) < 4.78 is 26.8. The summed E-state index contributed by atoms with van der Waals surface area (Å²) in [6, 6.07) is 8.74. The SMILES string of the molecule is CC(C)NS(=O)(=O)Cc1ccccc1CNCc1csc([N+](=O)[O-])c1. The third-order valence-electron chi connectivity index (χ3n) is 3.34. The lowest BCUT2D eigenvalue weighted by Crippen LogP contribution is -2.31. The summed E-state index contributed by atoms with van der Waals surface area (Å²) in [5, 5.41) is 15.8. The second-order valence-electron chi connectivity index (χ2n) is 5.95. The van der Waals surface area contributed by atoms with Gasteiger partial charge in [-0.1, -0.05) is 35.6 Å². The highest BCUT2D eigenvalue weighted by atomic mass is 32.2. The average molecular weight is 383 g/mol. The molecule has 0 fully saturated rings. The molecule has 9 heteroatoms. The van der Waals surface area contributed by atoms with E-state index in [9.17, 15) is 18.5 Å². The zero-order valence-electron chi connectivity index (χ0n) is 14.1. The van der Waals surface area contributed by atoms with E-state index in [4.69, 9.17) is 0 Å². The number of rotatable bonds is 9. The highest BCUT2D eigenvalue weighted by Crippen LogP contribution is 2.22. The third kappa shape index (κ3) is 6.20. The Labute approximate surface area is 151 Å². The van der Waals surface area contributed by atoms with Gasteiger partial charge in [-0.15, -0.1) is 0 Å². The maximum Gasteiger partial charge on any atom is 0.324 e. The lowest BCUT2D eigenvalue weighted by Gasteiger charge is -2.13. The predicted octanol–water partition coefficient (Wildman–Crippen LogP) is 2.77. The molecule has 7 nitrogen and oxygen atoms in total. The van der Waals surface area contributed by atoms with Gasteiger partial charge in [0.1, 0.15) is 0 Å². The van der Waals surface area contributed by atoms with Gasteiger partial charge in [0.15, 0.2) is 0 Å². The molecule has 1 aromatic carbocycles. The summed E-state index contributed by atoms with van der Waals surface area (Å²) in [4.78, 5) is 10.3. The molecular formula is C16H21N3O4S2. The molecule has 0 amide bonds. The molecule has 2 rings (SSSR count). The minimum atomic E-state index is -3.39. The van der Waals surface area contributed by atoms with E-state index in [-0.39, 0.29) is 16.8 Å². The van der Waals surface area contributed by atoms with Crippen LogP contribution in [0.15, 0.2) is 35.7 Å². The molecule has 25 heavy (non-hydrogen) atoms. The van der Waals surface area contributed by atoms with Gasteiger partial charge in [-0.25, -0.2) is 13.1 Å². The summed E-state index contributed by atoms with van der Waals surface area (Å²) in [7, 11) is -3.39. The highest BCUT2D eigenvalue weighted by molar-refractivity contribution is 7.88. The standard InChI is InChI=1S/C16H21N3O4S2/c1-12(2)18-25(22,23)11-15-6-4-3-5-14(15)9-17-8-13-7-16(19(20)21)24-10-13/h3-7,10,12,17-18H,8-9,11H2,1-2H3. The van der Waals surface area contributed by atoms with E-state index in [0.29, 0.717) is 13.1 Å². The van der Waals surface area contributed by atoms with Gasteiger partial charge in [-0.2, -0.15) is 0 Å². The second kappa shape index (κ2) is 8.52. The van der Waals surface area contributed by atoms with Crippen LogP contribution in [-0.4, -0.2) is 19.4 Å². The summed E-state index contributed by atoms with van der Waals surface area (Å²) in [6.07, 6.45) is 0. The van der Waals surface area contributed by atoms with Crippen LogP contribution in [-0.2, 0) is 28.9 Å². The number of nitrogens with one attached hydrogen (secondary N) is 2. The topological polar surface area (TPSA) is 101 Å². The van der Waals surface area contributed by atoms with Gasteiger partial charge in [-0.3, -0.25) is 10.1 Å². The van der Waals surface area contributed by atoms with Crippen LogP contribution in [0.1, 0.15) is 30.5 Å². The lowest BCUT2D eigenvalue weighted by molar-refractivity contribution is -0.380. The van der Waals surface area contributed by atoms with Crippen LogP contribution >= 0.6 is 11.3 Å². The lowest BCUT2D eigenvalue weighted by atomic mass is 10.1. The zero-order chi connectivity index (χ0) is 18.4. The largest absolute Gasteiger partial charge is 0.324 e. The molecule has 2 N–H and O–H groups in total. The Hall–Kier alpha value is -1.81. The molecule has 2 aromatic rings. The molecule has 0 bridgehead atoms. The fraction of sp³-hybridized carbons (Fsp3) is 0.375. The van der Waals surface area contributed by atoms with Crippen LogP contribution in [0.5, 0.6) is 0 Å². The minimum absolute atomic E-state index is 0.0764. The van der Waals surface area contributed by atoms with Crippen LogP contribution in [0.2, 0.25) is 0 Å². The first-order valence-corrected chi connectivity index (χ1v) is 10.3. The van der Waals surface area contributed by atoms with Crippen molar-refractivity contribution < 1.29 is 13.3 Å². The number of benzene rings is 1. The smallest absolute Gasteiger partial charge is 0.309 e. The van der Waals surface area contributed by atoms with Crippen LogP contribution in [0.4, 0.5) is 5.00 Å². The fourth-order valence-electron chi connectivity index (χ4n) is 2.37. The van der Waals surface area contributed by atoms with E-state index in [0.717, 1.165) is 28.0 Å². The van der Waals surface area contributed by atoms with Crippen molar-refractivity contribution >= 4 is 26.4 Å². The number of thiophene rings is 1. The number of nitro groups is 1. The monoisotopic (exact) mass is 383 g/mol. The number of hydrogen-bond donors (Lipinski definition) is 2. The number of nitrogens with zero attached hydrogens (tertiary/aromatic N) is 1. The molecule has 0 spiro atoms. The fourth-order valence-corrected chi connectivity index (χ4v) is 4.59. The first-order valence-electron chi connectivity index (χ1n) is 7.76.